The molecular formula is C8H12N2. The van der Waals surface area contributed by atoms with E-state index in [0.29, 0.717) is 6.04 Å². The van der Waals surface area contributed by atoms with Gasteiger partial charge < -0.3 is 0 Å². The highest BCUT2D eigenvalue weighted by molar-refractivity contribution is 5.22. The molecule has 0 aromatic carbocycles. The van der Waals surface area contributed by atoms with E-state index >= 15 is 0 Å². The van der Waals surface area contributed by atoms with Gasteiger partial charge in [0.15, 0.2) is 0 Å². The average Bonchev–Trinajstić information content (AvgIpc) is 1.76. The molecule has 0 radical (unpaired) electrons. The largest absolute Gasteiger partial charge is 0.293 e. The summed E-state index contributed by atoms with van der Waals surface area (Å²) in [6.45, 7) is 6.32. The molecule has 0 aliphatic carbocycles. The maximum absolute atomic E-state index is 8.28. The van der Waals surface area contributed by atoms with Gasteiger partial charge in [-0.2, -0.15) is 5.26 Å². The van der Waals surface area contributed by atoms with Crippen LogP contribution in [0.3, 0.4) is 0 Å². The summed E-state index contributed by atoms with van der Waals surface area (Å²) in [5.41, 5.74) is 1.26. The van der Waals surface area contributed by atoms with E-state index in [2.05, 4.69) is 18.7 Å². The summed E-state index contributed by atoms with van der Waals surface area (Å²) in [6.07, 6.45) is 1.65. The lowest BCUT2D eigenvalue weighted by Gasteiger charge is -2.36. The molecule has 0 N–H and O–H groups in total. The van der Waals surface area contributed by atoms with Crippen LogP contribution in [0.4, 0.5) is 0 Å². The summed E-state index contributed by atoms with van der Waals surface area (Å²) < 4.78 is 0. The second-order valence-corrected chi connectivity index (χ2v) is 2.93. The van der Waals surface area contributed by atoms with Gasteiger partial charge >= 0.3 is 0 Å². The van der Waals surface area contributed by atoms with Crippen molar-refractivity contribution in [2.24, 2.45) is 0 Å². The van der Waals surface area contributed by atoms with Gasteiger partial charge in [0, 0.05) is 25.2 Å². The van der Waals surface area contributed by atoms with Crippen LogP contribution in [0.25, 0.3) is 0 Å². The Morgan fingerprint density at radius 1 is 1.60 bits per heavy atom. The molecule has 0 unspecified atom stereocenters. The van der Waals surface area contributed by atoms with E-state index < -0.39 is 0 Å². The Morgan fingerprint density at radius 2 is 2.20 bits per heavy atom. The van der Waals surface area contributed by atoms with Crippen LogP contribution in [-0.4, -0.2) is 24.0 Å². The number of nitriles is 1. The van der Waals surface area contributed by atoms with Gasteiger partial charge in [0.05, 0.1) is 6.07 Å². The molecule has 10 heavy (non-hydrogen) atoms. The Hall–Kier alpha value is -0.810. The first kappa shape index (κ1) is 7.30. The van der Waals surface area contributed by atoms with Gasteiger partial charge in [0.1, 0.15) is 0 Å². The molecule has 0 aromatic heterocycles. The molecule has 1 saturated heterocycles. The second kappa shape index (κ2) is 2.85. The Morgan fingerprint density at radius 3 is 2.60 bits per heavy atom. The smallest absolute Gasteiger partial charge is 0.0912 e. The number of hydrogen-bond acceptors (Lipinski definition) is 2. The topological polar surface area (TPSA) is 27.0 Å². The molecule has 0 amide bonds. The van der Waals surface area contributed by atoms with Gasteiger partial charge in [-0.15, -0.1) is 0 Å². The Bertz CT molecular complexity index is 178. The third-order valence-corrected chi connectivity index (χ3v) is 1.81. The van der Waals surface area contributed by atoms with Gasteiger partial charge in [0.2, 0.25) is 0 Å². The van der Waals surface area contributed by atoms with E-state index in [9.17, 15) is 0 Å². The zero-order valence-electron chi connectivity index (χ0n) is 6.46. The van der Waals surface area contributed by atoms with Crippen LogP contribution in [0.2, 0.25) is 0 Å². The third kappa shape index (κ3) is 1.37. The van der Waals surface area contributed by atoms with Gasteiger partial charge in [-0.3, -0.25) is 4.90 Å². The molecule has 0 spiro atoms. The van der Waals surface area contributed by atoms with Crippen LogP contribution in [0, 0.1) is 11.3 Å². The third-order valence-electron chi connectivity index (χ3n) is 1.81. The molecule has 0 aromatic rings. The zero-order chi connectivity index (χ0) is 7.56. The number of allylic oxidation sites excluding steroid dienone is 1. The predicted molar refractivity (Wildman–Crippen MR) is 40.4 cm³/mol. The number of rotatable bonds is 1. The molecule has 0 saturated carbocycles. The first-order chi connectivity index (χ1) is 4.74. The van der Waals surface area contributed by atoms with Crippen molar-refractivity contribution in [3.05, 3.63) is 11.6 Å². The minimum atomic E-state index is 0.621. The highest BCUT2D eigenvalue weighted by Crippen LogP contribution is 2.16. The van der Waals surface area contributed by atoms with E-state index in [-0.39, 0.29) is 0 Å². The molecule has 1 aliphatic rings. The fourth-order valence-electron chi connectivity index (χ4n) is 1.02. The van der Waals surface area contributed by atoms with Crippen molar-refractivity contribution < 1.29 is 0 Å². The maximum Gasteiger partial charge on any atom is 0.0912 e. The lowest BCUT2D eigenvalue weighted by atomic mass is 10.1. The summed E-state index contributed by atoms with van der Waals surface area (Å²) in [6, 6.07) is 2.66. The summed E-state index contributed by atoms with van der Waals surface area (Å²) in [5.74, 6) is 0. The van der Waals surface area contributed by atoms with E-state index in [1.807, 2.05) is 6.07 Å². The number of hydrogen-bond donors (Lipinski definition) is 0. The van der Waals surface area contributed by atoms with Crippen molar-refractivity contribution >= 4 is 0 Å². The van der Waals surface area contributed by atoms with Crippen LogP contribution in [0.1, 0.15) is 13.8 Å². The standard InChI is InChI=1S/C8H12N2/c1-7(2)10-5-8(6-10)3-4-9/h3,7H,5-6H2,1-2H3. The lowest BCUT2D eigenvalue weighted by Crippen LogP contribution is -2.44. The molecule has 1 aliphatic heterocycles. The number of nitrogens with zero attached hydrogens (tertiary/aromatic N) is 2. The SMILES string of the molecule is CC(C)N1CC(=CC#N)C1. The summed E-state index contributed by atoms with van der Waals surface area (Å²) >= 11 is 0. The van der Waals surface area contributed by atoms with Crippen molar-refractivity contribution in [2.75, 3.05) is 13.1 Å². The molecule has 2 heteroatoms. The maximum atomic E-state index is 8.28. The Labute approximate surface area is 61.8 Å². The zero-order valence-corrected chi connectivity index (χ0v) is 6.46. The van der Waals surface area contributed by atoms with Crippen molar-refractivity contribution in [1.29, 1.82) is 5.26 Å². The molecule has 54 valence electrons. The average molecular weight is 136 g/mol. The van der Waals surface area contributed by atoms with Crippen molar-refractivity contribution in [2.45, 2.75) is 19.9 Å². The van der Waals surface area contributed by atoms with Crippen molar-refractivity contribution in [3.63, 3.8) is 0 Å². The Kier molecular flexibility index (Phi) is 2.08. The minimum absolute atomic E-state index is 0.621. The summed E-state index contributed by atoms with van der Waals surface area (Å²) in [7, 11) is 0. The van der Waals surface area contributed by atoms with Gasteiger partial charge in [-0.25, -0.2) is 0 Å². The fraction of sp³-hybridized carbons (Fsp3) is 0.625. The quantitative estimate of drug-likeness (QED) is 0.506. The molecule has 0 atom stereocenters. The Balaban J connectivity index is 2.32. The van der Waals surface area contributed by atoms with Crippen LogP contribution in [-0.2, 0) is 0 Å². The van der Waals surface area contributed by atoms with Gasteiger partial charge in [-0.1, -0.05) is 0 Å². The first-order valence-corrected chi connectivity index (χ1v) is 3.55. The van der Waals surface area contributed by atoms with Crippen molar-refractivity contribution in [3.8, 4) is 6.07 Å². The van der Waals surface area contributed by atoms with Crippen LogP contribution < -0.4 is 0 Å². The monoisotopic (exact) mass is 136 g/mol. The summed E-state index contributed by atoms with van der Waals surface area (Å²) in [5, 5.41) is 8.28. The normalized spacial score (nSPS) is 18.4. The van der Waals surface area contributed by atoms with Crippen LogP contribution in [0.5, 0.6) is 0 Å². The van der Waals surface area contributed by atoms with E-state index in [4.69, 9.17) is 5.26 Å². The van der Waals surface area contributed by atoms with Crippen LogP contribution >= 0.6 is 0 Å². The first-order valence-electron chi connectivity index (χ1n) is 3.55. The molecule has 2 nitrogen and oxygen atoms in total. The fourth-order valence-corrected chi connectivity index (χ4v) is 1.02. The predicted octanol–water partition coefficient (Wildman–Crippen LogP) is 1.16. The number of likely N-dealkylation sites (tertiary alicyclic amines) is 1. The second-order valence-electron chi connectivity index (χ2n) is 2.93. The van der Waals surface area contributed by atoms with E-state index in [1.54, 1.807) is 6.08 Å². The molecule has 0 bridgehead atoms. The summed E-state index contributed by atoms with van der Waals surface area (Å²) in [4.78, 5) is 2.32. The highest BCUT2D eigenvalue weighted by Gasteiger charge is 2.21. The molecule has 1 fully saturated rings. The van der Waals surface area contributed by atoms with E-state index in [0.717, 1.165) is 13.1 Å². The van der Waals surface area contributed by atoms with Crippen LogP contribution in [0.15, 0.2) is 11.6 Å². The lowest BCUT2D eigenvalue weighted by molar-refractivity contribution is 0.199. The van der Waals surface area contributed by atoms with Gasteiger partial charge in [0.25, 0.3) is 0 Å². The molecular weight excluding hydrogens is 124 g/mol. The van der Waals surface area contributed by atoms with Crippen molar-refractivity contribution in [1.82, 2.24) is 4.90 Å². The highest BCUT2D eigenvalue weighted by atomic mass is 15.2. The van der Waals surface area contributed by atoms with E-state index in [1.165, 1.54) is 5.57 Å². The molecule has 1 rings (SSSR count). The molecule has 1 heterocycles. The van der Waals surface area contributed by atoms with Gasteiger partial charge in [-0.05, 0) is 19.4 Å². The minimum Gasteiger partial charge on any atom is -0.293 e.